The summed E-state index contributed by atoms with van der Waals surface area (Å²) in [5, 5.41) is 27.1. The maximum absolute atomic E-state index is 12.2. The Kier molecular flexibility index (Phi) is 5.89. The van der Waals surface area contributed by atoms with E-state index >= 15 is 0 Å². The Morgan fingerprint density at radius 2 is 1.58 bits per heavy atom. The summed E-state index contributed by atoms with van der Waals surface area (Å²) in [6.07, 6.45) is -0.664. The molecule has 0 saturated heterocycles. The second-order valence-corrected chi connectivity index (χ2v) is 6.03. The summed E-state index contributed by atoms with van der Waals surface area (Å²) in [4.78, 5) is 0.0683. The number of benzene rings is 1. The molecule has 1 aromatic carbocycles. The Labute approximate surface area is 113 Å². The van der Waals surface area contributed by atoms with Gasteiger partial charge in [-0.15, -0.1) is 0 Å². The molecule has 1 aromatic rings. The van der Waals surface area contributed by atoms with E-state index in [0.29, 0.717) is 5.56 Å². The van der Waals surface area contributed by atoms with Gasteiger partial charge in [0, 0.05) is 13.1 Å². The first-order valence-electron chi connectivity index (χ1n) is 5.93. The maximum Gasteiger partial charge on any atom is 0.243 e. The SMILES string of the molecule is CC(O)c1ccc(S(=O)(=O)N(CCO)CCO)cc1. The highest BCUT2D eigenvalue weighted by molar-refractivity contribution is 7.89. The van der Waals surface area contributed by atoms with Crippen LogP contribution in [0.4, 0.5) is 0 Å². The Morgan fingerprint density at radius 3 is 1.95 bits per heavy atom. The molecular formula is C12H19NO5S. The first kappa shape index (κ1) is 16.1. The van der Waals surface area contributed by atoms with Crippen molar-refractivity contribution in [2.24, 2.45) is 0 Å². The molecule has 1 unspecified atom stereocenters. The molecule has 0 bridgehead atoms. The number of nitrogens with zero attached hydrogens (tertiary/aromatic N) is 1. The molecule has 0 spiro atoms. The van der Waals surface area contributed by atoms with Crippen LogP contribution in [0.3, 0.4) is 0 Å². The zero-order valence-electron chi connectivity index (χ0n) is 10.7. The van der Waals surface area contributed by atoms with Crippen molar-refractivity contribution >= 4 is 10.0 Å². The molecule has 0 aromatic heterocycles. The predicted octanol–water partition coefficient (Wildman–Crippen LogP) is -0.285. The van der Waals surface area contributed by atoms with Crippen LogP contribution in [0, 0.1) is 0 Å². The molecular weight excluding hydrogens is 270 g/mol. The van der Waals surface area contributed by atoms with Gasteiger partial charge < -0.3 is 15.3 Å². The van der Waals surface area contributed by atoms with Crippen LogP contribution in [0.25, 0.3) is 0 Å². The van der Waals surface area contributed by atoms with Crippen molar-refractivity contribution in [2.75, 3.05) is 26.3 Å². The first-order chi connectivity index (χ1) is 8.93. The van der Waals surface area contributed by atoms with Gasteiger partial charge in [0.05, 0.1) is 24.2 Å². The van der Waals surface area contributed by atoms with Crippen LogP contribution >= 0.6 is 0 Å². The fourth-order valence-corrected chi connectivity index (χ4v) is 3.06. The van der Waals surface area contributed by atoms with E-state index in [1.165, 1.54) is 24.3 Å². The van der Waals surface area contributed by atoms with Crippen LogP contribution in [-0.2, 0) is 10.0 Å². The van der Waals surface area contributed by atoms with Gasteiger partial charge in [-0.1, -0.05) is 12.1 Å². The Morgan fingerprint density at radius 1 is 1.11 bits per heavy atom. The summed E-state index contributed by atoms with van der Waals surface area (Å²) < 4.78 is 25.5. The average Bonchev–Trinajstić information content (AvgIpc) is 2.38. The van der Waals surface area contributed by atoms with Crippen LogP contribution in [0.1, 0.15) is 18.6 Å². The highest BCUT2D eigenvalue weighted by Crippen LogP contribution is 2.19. The lowest BCUT2D eigenvalue weighted by Crippen LogP contribution is -2.35. The average molecular weight is 289 g/mol. The van der Waals surface area contributed by atoms with E-state index < -0.39 is 16.1 Å². The third-order valence-electron chi connectivity index (χ3n) is 2.70. The van der Waals surface area contributed by atoms with Crippen molar-refractivity contribution in [3.63, 3.8) is 0 Å². The zero-order valence-corrected chi connectivity index (χ0v) is 11.5. The van der Waals surface area contributed by atoms with Crippen LogP contribution in [0.15, 0.2) is 29.2 Å². The topological polar surface area (TPSA) is 98.1 Å². The lowest BCUT2D eigenvalue weighted by molar-refractivity contribution is 0.199. The van der Waals surface area contributed by atoms with Crippen LogP contribution in [0.2, 0.25) is 0 Å². The highest BCUT2D eigenvalue weighted by atomic mass is 32.2. The minimum absolute atomic E-state index is 0.0683. The van der Waals surface area contributed by atoms with E-state index in [4.69, 9.17) is 10.2 Å². The van der Waals surface area contributed by atoms with Crippen LogP contribution in [-0.4, -0.2) is 54.3 Å². The molecule has 1 atom stereocenters. The maximum atomic E-state index is 12.2. The van der Waals surface area contributed by atoms with Gasteiger partial charge in [-0.2, -0.15) is 4.31 Å². The van der Waals surface area contributed by atoms with E-state index in [2.05, 4.69) is 0 Å². The molecule has 0 radical (unpaired) electrons. The molecule has 0 aliphatic carbocycles. The number of hydrogen-bond acceptors (Lipinski definition) is 5. The summed E-state index contributed by atoms with van der Waals surface area (Å²) in [5.74, 6) is 0. The van der Waals surface area contributed by atoms with E-state index in [0.717, 1.165) is 4.31 Å². The van der Waals surface area contributed by atoms with Gasteiger partial charge in [-0.3, -0.25) is 0 Å². The van der Waals surface area contributed by atoms with E-state index in [1.807, 2.05) is 0 Å². The Hall–Kier alpha value is -0.990. The number of rotatable bonds is 7. The fourth-order valence-electron chi connectivity index (χ4n) is 1.64. The normalized spacial score (nSPS) is 13.7. The van der Waals surface area contributed by atoms with E-state index in [-0.39, 0.29) is 31.2 Å². The molecule has 1 rings (SSSR count). The highest BCUT2D eigenvalue weighted by Gasteiger charge is 2.23. The molecule has 0 fully saturated rings. The summed E-state index contributed by atoms with van der Waals surface area (Å²) in [6.45, 7) is 0.825. The van der Waals surface area contributed by atoms with Gasteiger partial charge in [0.25, 0.3) is 0 Å². The van der Waals surface area contributed by atoms with Crippen molar-refractivity contribution in [1.82, 2.24) is 4.31 Å². The molecule has 7 heteroatoms. The Bertz CT molecular complexity index is 477. The van der Waals surface area contributed by atoms with Crippen LogP contribution < -0.4 is 0 Å². The summed E-state index contributed by atoms with van der Waals surface area (Å²) >= 11 is 0. The van der Waals surface area contributed by atoms with Gasteiger partial charge in [0.2, 0.25) is 10.0 Å². The molecule has 0 saturated carbocycles. The van der Waals surface area contributed by atoms with Gasteiger partial charge in [0.15, 0.2) is 0 Å². The van der Waals surface area contributed by atoms with Crippen molar-refractivity contribution < 1.29 is 23.7 Å². The summed E-state index contributed by atoms with van der Waals surface area (Å²) in [6, 6.07) is 5.87. The largest absolute Gasteiger partial charge is 0.395 e. The minimum Gasteiger partial charge on any atom is -0.395 e. The third kappa shape index (κ3) is 3.99. The van der Waals surface area contributed by atoms with Crippen molar-refractivity contribution in [3.8, 4) is 0 Å². The molecule has 19 heavy (non-hydrogen) atoms. The molecule has 3 N–H and O–H groups in total. The van der Waals surface area contributed by atoms with Gasteiger partial charge in [0.1, 0.15) is 0 Å². The lowest BCUT2D eigenvalue weighted by atomic mass is 10.1. The molecule has 0 heterocycles. The smallest absolute Gasteiger partial charge is 0.243 e. The first-order valence-corrected chi connectivity index (χ1v) is 7.37. The lowest BCUT2D eigenvalue weighted by Gasteiger charge is -2.20. The summed E-state index contributed by atoms with van der Waals surface area (Å²) in [7, 11) is -3.74. The second kappa shape index (κ2) is 6.97. The zero-order chi connectivity index (χ0) is 14.5. The number of aliphatic hydroxyl groups is 3. The van der Waals surface area contributed by atoms with E-state index in [1.54, 1.807) is 6.92 Å². The van der Waals surface area contributed by atoms with Gasteiger partial charge >= 0.3 is 0 Å². The standard InChI is InChI=1S/C12H19NO5S/c1-10(16)11-2-4-12(5-3-11)19(17,18)13(6-8-14)7-9-15/h2-5,10,14-16H,6-9H2,1H3. The van der Waals surface area contributed by atoms with E-state index in [9.17, 15) is 13.5 Å². The predicted molar refractivity (Wildman–Crippen MR) is 70.0 cm³/mol. The minimum atomic E-state index is -3.74. The van der Waals surface area contributed by atoms with Crippen molar-refractivity contribution in [1.29, 1.82) is 0 Å². The number of sulfonamides is 1. The van der Waals surface area contributed by atoms with Crippen LogP contribution in [0.5, 0.6) is 0 Å². The molecule has 0 aliphatic heterocycles. The van der Waals surface area contributed by atoms with Gasteiger partial charge in [-0.05, 0) is 24.6 Å². The molecule has 0 aliphatic rings. The fraction of sp³-hybridized carbons (Fsp3) is 0.500. The quantitative estimate of drug-likeness (QED) is 0.641. The van der Waals surface area contributed by atoms with Gasteiger partial charge in [-0.25, -0.2) is 8.42 Å². The molecule has 108 valence electrons. The second-order valence-electron chi connectivity index (χ2n) is 4.10. The van der Waals surface area contributed by atoms with Crippen molar-refractivity contribution in [2.45, 2.75) is 17.9 Å². The monoisotopic (exact) mass is 289 g/mol. The molecule has 0 amide bonds. The van der Waals surface area contributed by atoms with Crippen molar-refractivity contribution in [3.05, 3.63) is 29.8 Å². The number of hydrogen-bond donors (Lipinski definition) is 3. The Balaban J connectivity index is 3.03. The third-order valence-corrected chi connectivity index (χ3v) is 4.61. The number of aliphatic hydroxyl groups excluding tert-OH is 3. The summed E-state index contributed by atoms with van der Waals surface area (Å²) in [5.41, 5.74) is 0.620. The molecule has 6 nitrogen and oxygen atoms in total.